The van der Waals surface area contributed by atoms with Crippen molar-refractivity contribution in [1.29, 1.82) is 0 Å². The van der Waals surface area contributed by atoms with Crippen LogP contribution in [0.3, 0.4) is 0 Å². The zero-order valence-corrected chi connectivity index (χ0v) is 13.0. The maximum Gasteiger partial charge on any atom is 0.161 e. The van der Waals surface area contributed by atoms with E-state index in [4.69, 9.17) is 4.74 Å². The Morgan fingerprint density at radius 1 is 1.23 bits per heavy atom. The van der Waals surface area contributed by atoms with Gasteiger partial charge in [0.15, 0.2) is 5.65 Å². The Morgan fingerprint density at radius 2 is 2.05 bits per heavy atom. The number of rotatable bonds is 2. The number of hydrogen-bond acceptors (Lipinski definition) is 4. The highest BCUT2D eigenvalue weighted by Gasteiger charge is 2.23. The summed E-state index contributed by atoms with van der Waals surface area (Å²) in [6, 6.07) is 8.29. The summed E-state index contributed by atoms with van der Waals surface area (Å²) in [5, 5.41) is 13.5. The molecule has 5 nitrogen and oxygen atoms in total. The molecule has 0 saturated carbocycles. The van der Waals surface area contributed by atoms with Gasteiger partial charge in [0.25, 0.3) is 0 Å². The van der Waals surface area contributed by atoms with Crippen LogP contribution in [0.1, 0.15) is 30.1 Å². The molecule has 114 valence electrons. The normalized spacial score (nSPS) is 16.5. The number of piperidine rings is 1. The summed E-state index contributed by atoms with van der Waals surface area (Å²) < 4.78 is 7.81. The van der Waals surface area contributed by atoms with Crippen LogP contribution >= 0.6 is 0 Å². The third-order valence-corrected chi connectivity index (χ3v) is 4.63. The number of nitrogens with one attached hydrogen (secondary N) is 1. The molecule has 0 spiro atoms. The Labute approximate surface area is 129 Å². The highest BCUT2D eigenvalue weighted by atomic mass is 16.5. The zero-order valence-electron chi connectivity index (χ0n) is 13.0. The molecule has 1 fully saturated rings. The molecule has 3 aromatic rings. The van der Waals surface area contributed by atoms with Gasteiger partial charge in [-0.3, -0.25) is 4.40 Å². The molecule has 0 atom stereocenters. The third-order valence-electron chi connectivity index (χ3n) is 4.63. The van der Waals surface area contributed by atoms with Crippen molar-refractivity contribution in [1.82, 2.24) is 19.9 Å². The lowest BCUT2D eigenvalue weighted by atomic mass is 9.97. The lowest BCUT2D eigenvalue weighted by Gasteiger charge is -2.22. The Balaban J connectivity index is 2.05. The minimum absolute atomic E-state index is 0.451. The summed E-state index contributed by atoms with van der Waals surface area (Å²) in [6.45, 7) is 4.20. The van der Waals surface area contributed by atoms with Crippen LogP contribution in [-0.2, 0) is 0 Å². The predicted molar refractivity (Wildman–Crippen MR) is 86.6 cm³/mol. The first-order chi connectivity index (χ1) is 10.8. The fraction of sp³-hybridized carbons (Fsp3) is 0.412. The van der Waals surface area contributed by atoms with Gasteiger partial charge in [-0.25, -0.2) is 0 Å². The molecule has 3 heterocycles. The number of ether oxygens (including phenoxy) is 1. The number of fused-ring (bicyclic) bond motifs is 3. The second kappa shape index (κ2) is 5.25. The van der Waals surface area contributed by atoms with E-state index in [9.17, 15) is 0 Å². The largest absolute Gasteiger partial charge is 0.495 e. The monoisotopic (exact) mass is 296 g/mol. The van der Waals surface area contributed by atoms with Crippen LogP contribution in [0.15, 0.2) is 24.3 Å². The predicted octanol–water partition coefficient (Wildman–Crippen LogP) is 2.67. The van der Waals surface area contributed by atoms with Crippen LogP contribution in [0.25, 0.3) is 16.6 Å². The van der Waals surface area contributed by atoms with Gasteiger partial charge in [-0.2, -0.15) is 0 Å². The number of benzene rings is 1. The van der Waals surface area contributed by atoms with Crippen molar-refractivity contribution in [2.45, 2.75) is 25.7 Å². The minimum atomic E-state index is 0.451. The van der Waals surface area contributed by atoms with Crippen molar-refractivity contribution in [2.75, 3.05) is 20.2 Å². The first-order valence-corrected chi connectivity index (χ1v) is 7.81. The topological polar surface area (TPSA) is 51.5 Å². The van der Waals surface area contributed by atoms with Crippen molar-refractivity contribution >= 4 is 16.6 Å². The van der Waals surface area contributed by atoms with Gasteiger partial charge in [-0.15, -0.1) is 10.2 Å². The molecule has 0 amide bonds. The third kappa shape index (κ3) is 1.96. The van der Waals surface area contributed by atoms with Crippen molar-refractivity contribution in [2.24, 2.45) is 0 Å². The quantitative estimate of drug-likeness (QED) is 0.790. The Kier molecular flexibility index (Phi) is 3.22. The van der Waals surface area contributed by atoms with Crippen molar-refractivity contribution < 1.29 is 4.74 Å². The molecule has 1 saturated heterocycles. The molecule has 4 rings (SSSR count). The minimum Gasteiger partial charge on any atom is -0.495 e. The summed E-state index contributed by atoms with van der Waals surface area (Å²) in [4.78, 5) is 0. The van der Waals surface area contributed by atoms with Gasteiger partial charge in [0.05, 0.1) is 12.6 Å². The number of hydrogen-bond donors (Lipinski definition) is 1. The lowest BCUT2D eigenvalue weighted by Crippen LogP contribution is -2.27. The molecule has 1 N–H and O–H groups in total. The molecular formula is C17H20N4O. The SMILES string of the molecule is COc1cccc2c(C)cc3nnc(C4CCNCC4)n3c12. The van der Waals surface area contributed by atoms with Gasteiger partial charge >= 0.3 is 0 Å². The average Bonchev–Trinajstić information content (AvgIpc) is 2.99. The molecule has 5 heteroatoms. The van der Waals surface area contributed by atoms with Gasteiger partial charge in [0.1, 0.15) is 11.6 Å². The molecule has 0 bridgehead atoms. The zero-order chi connectivity index (χ0) is 15.1. The maximum atomic E-state index is 5.61. The van der Waals surface area contributed by atoms with E-state index in [1.54, 1.807) is 7.11 Å². The Bertz CT molecular complexity index is 833. The van der Waals surface area contributed by atoms with Crippen molar-refractivity contribution in [3.63, 3.8) is 0 Å². The summed E-state index contributed by atoms with van der Waals surface area (Å²) >= 11 is 0. The molecular weight excluding hydrogens is 276 g/mol. The van der Waals surface area contributed by atoms with Crippen LogP contribution in [0.5, 0.6) is 5.75 Å². The first-order valence-electron chi connectivity index (χ1n) is 7.81. The van der Waals surface area contributed by atoms with Gasteiger partial charge in [0, 0.05) is 11.3 Å². The fourth-order valence-corrected chi connectivity index (χ4v) is 3.48. The smallest absolute Gasteiger partial charge is 0.161 e. The number of pyridine rings is 1. The lowest BCUT2D eigenvalue weighted by molar-refractivity contribution is 0.417. The second-order valence-electron chi connectivity index (χ2n) is 5.96. The highest BCUT2D eigenvalue weighted by molar-refractivity contribution is 5.90. The van der Waals surface area contributed by atoms with E-state index in [1.807, 2.05) is 12.1 Å². The van der Waals surface area contributed by atoms with Gasteiger partial charge in [-0.05, 0) is 50.6 Å². The average molecular weight is 296 g/mol. The molecule has 0 radical (unpaired) electrons. The number of nitrogens with zero attached hydrogens (tertiary/aromatic N) is 3. The van der Waals surface area contributed by atoms with E-state index >= 15 is 0 Å². The van der Waals surface area contributed by atoms with E-state index in [2.05, 4.69) is 39.0 Å². The summed E-state index contributed by atoms with van der Waals surface area (Å²) in [7, 11) is 1.72. The van der Waals surface area contributed by atoms with Crippen LogP contribution in [0.4, 0.5) is 0 Å². The molecule has 0 aliphatic carbocycles. The molecule has 1 aromatic carbocycles. The van der Waals surface area contributed by atoms with Gasteiger partial charge in [0.2, 0.25) is 0 Å². The standard InChI is InChI=1S/C17H20N4O/c1-11-10-15-19-20-17(12-6-8-18-9-7-12)21(15)16-13(11)4-3-5-14(16)22-2/h3-5,10,12,18H,6-9H2,1-2H3. The number of aryl methyl sites for hydroxylation is 1. The first kappa shape index (κ1) is 13.5. The van der Waals surface area contributed by atoms with E-state index in [0.29, 0.717) is 5.92 Å². The molecule has 0 unspecified atom stereocenters. The van der Waals surface area contributed by atoms with Crippen LogP contribution in [0.2, 0.25) is 0 Å². The van der Waals surface area contributed by atoms with Crippen molar-refractivity contribution in [3.8, 4) is 5.75 Å². The van der Waals surface area contributed by atoms with Gasteiger partial charge in [-0.1, -0.05) is 12.1 Å². The number of para-hydroxylation sites is 1. The van der Waals surface area contributed by atoms with E-state index in [-0.39, 0.29) is 0 Å². The fourth-order valence-electron chi connectivity index (χ4n) is 3.48. The van der Waals surface area contributed by atoms with Crippen LogP contribution in [-0.4, -0.2) is 34.8 Å². The summed E-state index contributed by atoms with van der Waals surface area (Å²) in [6.07, 6.45) is 2.20. The molecule has 22 heavy (non-hydrogen) atoms. The van der Waals surface area contributed by atoms with E-state index < -0.39 is 0 Å². The maximum absolute atomic E-state index is 5.61. The molecule has 2 aromatic heterocycles. The Hall–Kier alpha value is -2.14. The summed E-state index contributed by atoms with van der Waals surface area (Å²) in [5.74, 6) is 2.39. The molecule has 1 aliphatic rings. The number of methoxy groups -OCH3 is 1. The Morgan fingerprint density at radius 3 is 2.82 bits per heavy atom. The highest BCUT2D eigenvalue weighted by Crippen LogP contribution is 2.32. The second-order valence-corrected chi connectivity index (χ2v) is 5.96. The van der Waals surface area contributed by atoms with Gasteiger partial charge < -0.3 is 10.1 Å². The molecule has 1 aliphatic heterocycles. The van der Waals surface area contributed by atoms with Crippen LogP contribution in [0, 0.1) is 6.92 Å². The number of aromatic nitrogens is 3. The van der Waals surface area contributed by atoms with Crippen molar-refractivity contribution in [3.05, 3.63) is 35.7 Å². The van der Waals surface area contributed by atoms with E-state index in [0.717, 1.165) is 48.7 Å². The van der Waals surface area contributed by atoms with E-state index in [1.165, 1.54) is 10.9 Å². The van der Waals surface area contributed by atoms with Crippen LogP contribution < -0.4 is 10.1 Å². The summed E-state index contributed by atoms with van der Waals surface area (Å²) in [5.41, 5.74) is 3.19.